The van der Waals surface area contributed by atoms with Crippen molar-refractivity contribution < 1.29 is 14.4 Å². The van der Waals surface area contributed by atoms with E-state index in [1.54, 1.807) is 25.1 Å². The number of hydrogen-bond acceptors (Lipinski definition) is 7. The summed E-state index contributed by atoms with van der Waals surface area (Å²) < 4.78 is 13.5. The van der Waals surface area contributed by atoms with Crippen LogP contribution in [0.3, 0.4) is 0 Å². The first kappa shape index (κ1) is 26.3. The summed E-state index contributed by atoms with van der Waals surface area (Å²) >= 11 is 3.39. The molecular formula is C25H29BrN4O5. The molecule has 0 N–H and O–H groups in total. The largest absolute Gasteiger partial charge is 0.490 e. The number of hydrogen-bond donors (Lipinski definition) is 0. The van der Waals surface area contributed by atoms with Gasteiger partial charge in [0.25, 0.3) is 5.56 Å². The number of benzene rings is 2. The van der Waals surface area contributed by atoms with Crippen LogP contribution in [0.4, 0.5) is 5.69 Å². The average Bonchev–Trinajstić information content (AvgIpc) is 2.79. The summed E-state index contributed by atoms with van der Waals surface area (Å²) in [4.78, 5) is 29.4. The van der Waals surface area contributed by atoms with E-state index in [1.807, 2.05) is 40.7 Å². The lowest BCUT2D eigenvalue weighted by atomic mass is 9.95. The fourth-order valence-electron chi connectivity index (χ4n) is 3.35. The Kier molecular flexibility index (Phi) is 7.94. The van der Waals surface area contributed by atoms with Crippen molar-refractivity contribution in [2.45, 2.75) is 59.5 Å². The van der Waals surface area contributed by atoms with Gasteiger partial charge in [0.05, 0.1) is 34.8 Å². The fraction of sp³-hybridized carbons (Fsp3) is 0.400. The molecule has 186 valence electrons. The van der Waals surface area contributed by atoms with E-state index in [0.29, 0.717) is 35.3 Å². The van der Waals surface area contributed by atoms with Crippen LogP contribution in [-0.2, 0) is 5.41 Å². The molecule has 9 nitrogen and oxygen atoms in total. The molecule has 35 heavy (non-hydrogen) atoms. The number of rotatable bonds is 8. The van der Waals surface area contributed by atoms with Crippen LogP contribution >= 0.6 is 15.9 Å². The highest BCUT2D eigenvalue weighted by molar-refractivity contribution is 9.10. The topological polar surface area (TPSA) is 109 Å². The first-order chi connectivity index (χ1) is 16.5. The van der Waals surface area contributed by atoms with E-state index in [2.05, 4.69) is 26.0 Å². The lowest BCUT2D eigenvalue weighted by Crippen LogP contribution is -2.29. The molecule has 0 aliphatic rings. The maximum absolute atomic E-state index is 13.4. The van der Waals surface area contributed by atoms with E-state index >= 15 is 0 Å². The van der Waals surface area contributed by atoms with Gasteiger partial charge in [-0.05, 0) is 44.5 Å². The smallest absolute Gasteiger partial charge is 0.315 e. The molecule has 3 aromatic rings. The van der Waals surface area contributed by atoms with Crippen LogP contribution in [0.2, 0.25) is 0 Å². The molecular weight excluding hydrogens is 516 g/mol. The van der Waals surface area contributed by atoms with Crippen molar-refractivity contribution in [1.82, 2.24) is 9.66 Å². The van der Waals surface area contributed by atoms with Crippen LogP contribution in [-0.4, -0.2) is 33.5 Å². The van der Waals surface area contributed by atoms with Crippen molar-refractivity contribution >= 4 is 38.7 Å². The zero-order valence-electron chi connectivity index (χ0n) is 20.7. The Balaban J connectivity index is 2.20. The first-order valence-corrected chi connectivity index (χ1v) is 12.1. The monoisotopic (exact) mass is 544 g/mol. The van der Waals surface area contributed by atoms with Crippen LogP contribution in [0.1, 0.15) is 59.4 Å². The quantitative estimate of drug-likeness (QED) is 0.200. The third-order valence-electron chi connectivity index (χ3n) is 5.25. The minimum atomic E-state index is -0.514. The highest BCUT2D eigenvalue weighted by Gasteiger charge is 2.25. The number of nitro benzene ring substituents is 1. The van der Waals surface area contributed by atoms with E-state index in [0.717, 1.165) is 4.47 Å². The Labute approximate surface area is 212 Å². The third-order valence-corrected chi connectivity index (χ3v) is 5.74. The number of ether oxygens (including phenoxy) is 2. The lowest BCUT2D eigenvalue weighted by molar-refractivity contribution is -0.386. The highest BCUT2D eigenvalue weighted by atomic mass is 79.9. The summed E-state index contributed by atoms with van der Waals surface area (Å²) in [7, 11) is 0. The number of halogens is 1. The van der Waals surface area contributed by atoms with E-state index in [-0.39, 0.29) is 28.8 Å². The summed E-state index contributed by atoms with van der Waals surface area (Å²) in [6, 6.07) is 8.27. The van der Waals surface area contributed by atoms with Crippen LogP contribution in [0.5, 0.6) is 11.5 Å². The van der Waals surface area contributed by atoms with Crippen molar-refractivity contribution in [2.75, 3.05) is 6.61 Å². The zero-order chi connectivity index (χ0) is 25.9. The predicted molar refractivity (Wildman–Crippen MR) is 140 cm³/mol. The van der Waals surface area contributed by atoms with Crippen molar-refractivity contribution in [2.24, 2.45) is 5.10 Å². The predicted octanol–water partition coefficient (Wildman–Crippen LogP) is 5.82. The Bertz CT molecular complexity index is 1340. The lowest BCUT2D eigenvalue weighted by Gasteiger charge is -2.21. The van der Waals surface area contributed by atoms with E-state index in [1.165, 1.54) is 17.0 Å². The van der Waals surface area contributed by atoms with Gasteiger partial charge in [-0.1, -0.05) is 43.6 Å². The maximum Gasteiger partial charge on any atom is 0.315 e. The molecule has 0 saturated heterocycles. The van der Waals surface area contributed by atoms with Crippen LogP contribution < -0.4 is 15.0 Å². The third kappa shape index (κ3) is 5.87. The molecule has 1 heterocycles. The SMILES string of the molecule is CCOc1cc(C=Nn2c(C(C)(C)C)nc3ccc(Br)cc3c2=O)cc([N+](=O)[O-])c1O[C@H](C)CC. The molecule has 0 amide bonds. The fourth-order valence-corrected chi connectivity index (χ4v) is 3.71. The minimum Gasteiger partial charge on any atom is -0.490 e. The molecule has 10 heteroatoms. The molecule has 0 bridgehead atoms. The van der Waals surface area contributed by atoms with Gasteiger partial charge >= 0.3 is 5.69 Å². The maximum atomic E-state index is 13.4. The van der Waals surface area contributed by atoms with Gasteiger partial charge in [-0.2, -0.15) is 9.78 Å². The average molecular weight is 545 g/mol. The number of nitro groups is 1. The van der Waals surface area contributed by atoms with Crippen molar-refractivity contribution in [1.29, 1.82) is 0 Å². The van der Waals surface area contributed by atoms with E-state index in [9.17, 15) is 14.9 Å². The van der Waals surface area contributed by atoms with E-state index in [4.69, 9.17) is 9.47 Å². The molecule has 0 aliphatic heterocycles. The normalized spacial score (nSPS) is 12.8. The van der Waals surface area contributed by atoms with Crippen LogP contribution in [0.15, 0.2) is 44.7 Å². The molecule has 1 atom stereocenters. The van der Waals surface area contributed by atoms with Crippen molar-refractivity contribution in [3.63, 3.8) is 0 Å². The highest BCUT2D eigenvalue weighted by Crippen LogP contribution is 2.39. The van der Waals surface area contributed by atoms with Crippen LogP contribution in [0, 0.1) is 10.1 Å². The molecule has 0 spiro atoms. The number of nitrogens with zero attached hydrogens (tertiary/aromatic N) is 4. The Morgan fingerprint density at radius 2 is 1.97 bits per heavy atom. The second-order valence-electron chi connectivity index (χ2n) is 9.10. The van der Waals surface area contributed by atoms with Crippen molar-refractivity contribution in [3.05, 3.63) is 66.7 Å². The molecule has 0 fully saturated rings. The van der Waals surface area contributed by atoms with Gasteiger partial charge in [0.15, 0.2) is 5.75 Å². The summed E-state index contributed by atoms with van der Waals surface area (Å²) in [5.74, 6) is 0.783. The van der Waals surface area contributed by atoms with Gasteiger partial charge in [-0.25, -0.2) is 4.98 Å². The molecule has 2 aromatic carbocycles. The van der Waals surface area contributed by atoms with Gasteiger partial charge in [0.1, 0.15) is 5.82 Å². The second-order valence-corrected chi connectivity index (χ2v) is 10.0. The number of aromatic nitrogens is 2. The van der Waals surface area contributed by atoms with Crippen molar-refractivity contribution in [3.8, 4) is 11.5 Å². The molecule has 1 aromatic heterocycles. The van der Waals surface area contributed by atoms with Gasteiger partial charge < -0.3 is 9.47 Å². The van der Waals surface area contributed by atoms with Gasteiger partial charge in [0.2, 0.25) is 5.75 Å². The molecule has 0 saturated carbocycles. The van der Waals surface area contributed by atoms with Gasteiger partial charge in [0, 0.05) is 21.5 Å². The Hall–Kier alpha value is -3.27. The Morgan fingerprint density at radius 1 is 1.26 bits per heavy atom. The minimum absolute atomic E-state index is 0.0770. The zero-order valence-corrected chi connectivity index (χ0v) is 22.2. The summed E-state index contributed by atoms with van der Waals surface area (Å²) in [6.07, 6.45) is 1.84. The van der Waals surface area contributed by atoms with Gasteiger partial charge in [-0.3, -0.25) is 14.9 Å². The second kappa shape index (κ2) is 10.6. The number of fused-ring (bicyclic) bond motifs is 1. The molecule has 3 rings (SSSR count). The summed E-state index contributed by atoms with van der Waals surface area (Å²) in [5, 5.41) is 16.7. The molecule has 0 unspecified atom stereocenters. The van der Waals surface area contributed by atoms with Crippen LogP contribution in [0.25, 0.3) is 10.9 Å². The summed E-state index contributed by atoms with van der Waals surface area (Å²) in [5.41, 5.74) is -0.114. The standard InChI is InChI=1S/C25H29BrN4O5/c1-7-15(3)35-22-20(30(32)33)11-16(12-21(22)34-8-2)14-27-29-23(31)18-13-17(26)9-10-19(18)28-24(29)25(4,5)6/h9-15H,7-8H2,1-6H3/t15-/m1/s1. The molecule has 0 aliphatic carbocycles. The van der Waals surface area contributed by atoms with E-state index < -0.39 is 10.3 Å². The summed E-state index contributed by atoms with van der Waals surface area (Å²) in [6.45, 7) is 11.7. The van der Waals surface area contributed by atoms with Gasteiger partial charge in [-0.15, -0.1) is 0 Å². The molecule has 0 radical (unpaired) electrons. The first-order valence-electron chi connectivity index (χ1n) is 11.3. The Morgan fingerprint density at radius 3 is 2.57 bits per heavy atom.